The standard InChI is InChI=1S/C16H29N3O2/c1-15(2,3)13(20-4)14-18-12(21-19-14)10-16(11-17)8-6-5-7-9-16/h13H,5-11,17H2,1-4H3. The lowest BCUT2D eigenvalue weighted by Gasteiger charge is -2.35. The molecule has 1 aromatic rings. The molecule has 5 nitrogen and oxygen atoms in total. The fourth-order valence-electron chi connectivity index (χ4n) is 3.37. The van der Waals surface area contributed by atoms with Gasteiger partial charge in [-0.3, -0.25) is 0 Å². The molecule has 0 aliphatic heterocycles. The van der Waals surface area contributed by atoms with Crippen molar-refractivity contribution in [3.8, 4) is 0 Å². The SMILES string of the molecule is COC(c1noc(CC2(CN)CCCCC2)n1)C(C)(C)C. The topological polar surface area (TPSA) is 74.2 Å². The van der Waals surface area contributed by atoms with Crippen molar-refractivity contribution in [1.82, 2.24) is 10.1 Å². The summed E-state index contributed by atoms with van der Waals surface area (Å²) in [4.78, 5) is 4.58. The van der Waals surface area contributed by atoms with Gasteiger partial charge in [0.2, 0.25) is 11.7 Å². The highest BCUT2D eigenvalue weighted by atomic mass is 16.5. The minimum atomic E-state index is -0.157. The summed E-state index contributed by atoms with van der Waals surface area (Å²) >= 11 is 0. The summed E-state index contributed by atoms with van der Waals surface area (Å²) in [5.74, 6) is 1.34. The lowest BCUT2D eigenvalue weighted by atomic mass is 9.72. The van der Waals surface area contributed by atoms with Crippen LogP contribution in [0.15, 0.2) is 4.52 Å². The number of methoxy groups -OCH3 is 1. The molecule has 1 aliphatic carbocycles. The van der Waals surface area contributed by atoms with Gasteiger partial charge in [-0.15, -0.1) is 0 Å². The molecular formula is C16H29N3O2. The molecule has 0 bridgehead atoms. The summed E-state index contributed by atoms with van der Waals surface area (Å²) in [5.41, 5.74) is 6.12. The van der Waals surface area contributed by atoms with Gasteiger partial charge in [0.05, 0.1) is 0 Å². The second kappa shape index (κ2) is 6.44. The van der Waals surface area contributed by atoms with Gasteiger partial charge in [0, 0.05) is 13.5 Å². The first kappa shape index (κ1) is 16.4. The number of nitrogens with two attached hydrogens (primary N) is 1. The molecule has 1 saturated carbocycles. The zero-order chi connectivity index (χ0) is 15.5. The molecule has 1 unspecified atom stereocenters. The van der Waals surface area contributed by atoms with Crippen molar-refractivity contribution in [2.24, 2.45) is 16.6 Å². The zero-order valence-corrected chi connectivity index (χ0v) is 13.8. The Morgan fingerprint density at radius 3 is 2.48 bits per heavy atom. The van der Waals surface area contributed by atoms with Crippen LogP contribution in [0.5, 0.6) is 0 Å². The molecular weight excluding hydrogens is 266 g/mol. The van der Waals surface area contributed by atoms with Crippen molar-refractivity contribution in [1.29, 1.82) is 0 Å². The van der Waals surface area contributed by atoms with Crippen molar-refractivity contribution < 1.29 is 9.26 Å². The predicted octanol–water partition coefficient (Wildman–Crippen LogP) is 3.25. The summed E-state index contributed by atoms with van der Waals surface area (Å²) in [6.45, 7) is 7.02. The van der Waals surface area contributed by atoms with E-state index in [0.29, 0.717) is 18.3 Å². The highest BCUT2D eigenvalue weighted by molar-refractivity contribution is 4.99. The molecule has 0 saturated heterocycles. The third kappa shape index (κ3) is 3.83. The summed E-state index contributed by atoms with van der Waals surface area (Å²) in [5, 5.41) is 4.13. The Morgan fingerprint density at radius 1 is 1.29 bits per heavy atom. The van der Waals surface area contributed by atoms with E-state index in [0.717, 1.165) is 19.3 Å². The van der Waals surface area contributed by atoms with E-state index >= 15 is 0 Å². The Hall–Kier alpha value is -0.940. The highest BCUT2D eigenvalue weighted by Gasteiger charge is 2.35. The van der Waals surface area contributed by atoms with E-state index in [9.17, 15) is 0 Å². The van der Waals surface area contributed by atoms with Gasteiger partial charge in [-0.2, -0.15) is 4.98 Å². The highest BCUT2D eigenvalue weighted by Crippen LogP contribution is 2.39. The first-order valence-electron chi connectivity index (χ1n) is 7.95. The molecule has 21 heavy (non-hydrogen) atoms. The summed E-state index contributed by atoms with van der Waals surface area (Å²) < 4.78 is 11.0. The molecule has 1 heterocycles. The van der Waals surface area contributed by atoms with Crippen LogP contribution in [0.1, 0.15) is 70.7 Å². The Balaban J connectivity index is 2.12. The van der Waals surface area contributed by atoms with Gasteiger partial charge in [-0.05, 0) is 30.2 Å². The smallest absolute Gasteiger partial charge is 0.227 e. The van der Waals surface area contributed by atoms with E-state index in [1.165, 1.54) is 19.3 Å². The molecule has 2 rings (SSSR count). The van der Waals surface area contributed by atoms with Crippen molar-refractivity contribution in [2.75, 3.05) is 13.7 Å². The van der Waals surface area contributed by atoms with E-state index in [2.05, 4.69) is 30.9 Å². The molecule has 1 aliphatic rings. The van der Waals surface area contributed by atoms with E-state index in [1.54, 1.807) is 7.11 Å². The van der Waals surface area contributed by atoms with E-state index in [-0.39, 0.29) is 16.9 Å². The molecule has 5 heteroatoms. The largest absolute Gasteiger partial charge is 0.373 e. The van der Waals surface area contributed by atoms with Gasteiger partial charge < -0.3 is 15.0 Å². The summed E-state index contributed by atoms with van der Waals surface area (Å²) in [6.07, 6.45) is 6.77. The van der Waals surface area contributed by atoms with Crippen LogP contribution in [0.2, 0.25) is 0 Å². The first-order chi connectivity index (χ1) is 9.90. The van der Waals surface area contributed by atoms with Crippen molar-refractivity contribution >= 4 is 0 Å². The van der Waals surface area contributed by atoms with Gasteiger partial charge >= 0.3 is 0 Å². The van der Waals surface area contributed by atoms with Crippen LogP contribution in [0.3, 0.4) is 0 Å². The van der Waals surface area contributed by atoms with Crippen LogP contribution in [-0.4, -0.2) is 23.8 Å². The number of nitrogens with zero attached hydrogens (tertiary/aromatic N) is 2. The van der Waals surface area contributed by atoms with Crippen molar-refractivity contribution in [3.63, 3.8) is 0 Å². The normalized spacial score (nSPS) is 20.4. The Bertz CT molecular complexity index is 445. The molecule has 0 aromatic carbocycles. The molecule has 1 fully saturated rings. The fraction of sp³-hybridized carbons (Fsp3) is 0.875. The molecule has 120 valence electrons. The lowest BCUT2D eigenvalue weighted by molar-refractivity contribution is 0.00718. The Labute approximate surface area is 127 Å². The number of rotatable bonds is 5. The average Bonchev–Trinajstić information content (AvgIpc) is 2.87. The minimum Gasteiger partial charge on any atom is -0.373 e. The molecule has 0 spiro atoms. The molecule has 1 aromatic heterocycles. The number of aromatic nitrogens is 2. The Kier molecular flexibility index (Phi) is 5.04. The molecule has 0 radical (unpaired) electrons. The molecule has 1 atom stereocenters. The van der Waals surface area contributed by atoms with Crippen LogP contribution < -0.4 is 5.73 Å². The van der Waals surface area contributed by atoms with Crippen molar-refractivity contribution in [2.45, 2.75) is 65.4 Å². The maximum atomic E-state index is 6.03. The van der Waals surface area contributed by atoms with Gasteiger partial charge in [-0.25, -0.2) is 0 Å². The average molecular weight is 295 g/mol. The van der Waals surface area contributed by atoms with Gasteiger partial charge in [-0.1, -0.05) is 45.2 Å². The quantitative estimate of drug-likeness (QED) is 0.902. The van der Waals surface area contributed by atoms with E-state index in [1.807, 2.05) is 0 Å². The second-order valence-electron chi connectivity index (χ2n) is 7.47. The number of ether oxygens (including phenoxy) is 1. The second-order valence-corrected chi connectivity index (χ2v) is 7.47. The van der Waals surface area contributed by atoms with Crippen LogP contribution in [-0.2, 0) is 11.2 Å². The first-order valence-corrected chi connectivity index (χ1v) is 7.95. The van der Waals surface area contributed by atoms with Crippen LogP contribution in [0, 0.1) is 10.8 Å². The summed E-state index contributed by atoms with van der Waals surface area (Å²) in [7, 11) is 1.69. The van der Waals surface area contributed by atoms with Crippen LogP contribution in [0.4, 0.5) is 0 Å². The molecule has 0 amide bonds. The van der Waals surface area contributed by atoms with E-state index in [4.69, 9.17) is 15.0 Å². The third-order valence-corrected chi connectivity index (χ3v) is 4.61. The van der Waals surface area contributed by atoms with Gasteiger partial charge in [0.25, 0.3) is 0 Å². The maximum absolute atomic E-state index is 6.03. The van der Waals surface area contributed by atoms with Crippen LogP contribution in [0.25, 0.3) is 0 Å². The summed E-state index contributed by atoms with van der Waals surface area (Å²) in [6, 6.07) is 0. The maximum Gasteiger partial charge on any atom is 0.227 e. The minimum absolute atomic E-state index is 0.0632. The number of hydrogen-bond acceptors (Lipinski definition) is 5. The van der Waals surface area contributed by atoms with Gasteiger partial charge in [0.1, 0.15) is 6.10 Å². The number of hydrogen-bond donors (Lipinski definition) is 1. The zero-order valence-electron chi connectivity index (χ0n) is 13.8. The predicted molar refractivity (Wildman–Crippen MR) is 81.8 cm³/mol. The molecule has 2 N–H and O–H groups in total. The lowest BCUT2D eigenvalue weighted by Crippen LogP contribution is -2.35. The third-order valence-electron chi connectivity index (χ3n) is 4.61. The van der Waals surface area contributed by atoms with Crippen molar-refractivity contribution in [3.05, 3.63) is 11.7 Å². The fourth-order valence-corrected chi connectivity index (χ4v) is 3.37. The van der Waals surface area contributed by atoms with E-state index < -0.39 is 0 Å². The monoisotopic (exact) mass is 295 g/mol. The van der Waals surface area contributed by atoms with Gasteiger partial charge in [0.15, 0.2) is 0 Å². The van der Waals surface area contributed by atoms with Crippen LogP contribution >= 0.6 is 0 Å². The Morgan fingerprint density at radius 2 is 1.95 bits per heavy atom.